The fourth-order valence-corrected chi connectivity index (χ4v) is 3.36. The molecular weight excluding hydrogens is 326 g/mol. The predicted molar refractivity (Wildman–Crippen MR) is 96.1 cm³/mol. The first kappa shape index (κ1) is 16.6. The highest BCUT2D eigenvalue weighted by atomic mass is 35.5. The second-order valence-corrected chi connectivity index (χ2v) is 6.66. The van der Waals surface area contributed by atoms with Crippen molar-refractivity contribution in [2.24, 2.45) is 0 Å². The summed E-state index contributed by atoms with van der Waals surface area (Å²) in [5.41, 5.74) is 2.35. The Bertz CT molecular complexity index is 831. The van der Waals surface area contributed by atoms with Crippen molar-refractivity contribution in [2.45, 2.75) is 26.3 Å². The minimum absolute atomic E-state index is 0.0107. The summed E-state index contributed by atoms with van der Waals surface area (Å²) in [5.74, 6) is -0.313. The van der Waals surface area contributed by atoms with Crippen LogP contribution in [-0.2, 0) is 0 Å². The van der Waals surface area contributed by atoms with Crippen LogP contribution in [0.25, 0.3) is 0 Å². The number of halogens is 1. The van der Waals surface area contributed by atoms with Gasteiger partial charge in [0.2, 0.25) is 0 Å². The van der Waals surface area contributed by atoms with Gasteiger partial charge in [0, 0.05) is 35.5 Å². The third kappa shape index (κ3) is 3.46. The van der Waals surface area contributed by atoms with Gasteiger partial charge in [-0.1, -0.05) is 17.7 Å². The molecule has 0 unspecified atom stereocenters. The molecule has 6 heteroatoms. The number of rotatable bonds is 3. The van der Waals surface area contributed by atoms with Crippen LogP contribution in [-0.4, -0.2) is 30.0 Å². The van der Waals surface area contributed by atoms with E-state index in [2.05, 4.69) is 15.2 Å². The lowest BCUT2D eigenvalue weighted by Crippen LogP contribution is -2.40. The van der Waals surface area contributed by atoms with Gasteiger partial charge < -0.3 is 15.2 Å². The number of aryl methyl sites for hydroxylation is 2. The Balaban J connectivity index is 1.70. The average Bonchev–Trinajstić information content (AvgIpc) is 2.94. The number of nitrogens with one attached hydrogen (secondary N) is 2. The van der Waals surface area contributed by atoms with Gasteiger partial charge in [0.05, 0.1) is 0 Å². The van der Waals surface area contributed by atoms with Crippen LogP contribution in [0, 0.1) is 13.8 Å². The highest BCUT2D eigenvalue weighted by molar-refractivity contribution is 6.30. The number of H-pyrrole nitrogens is 1. The van der Waals surface area contributed by atoms with Crippen LogP contribution in [0.5, 0.6) is 0 Å². The van der Waals surface area contributed by atoms with E-state index in [4.69, 9.17) is 11.6 Å². The Hall–Kier alpha value is -2.27. The monoisotopic (exact) mass is 345 g/mol. The van der Waals surface area contributed by atoms with E-state index in [1.165, 1.54) is 0 Å². The fraction of sp³-hybridized carbons (Fsp3) is 0.333. The van der Waals surface area contributed by atoms with E-state index in [-0.39, 0.29) is 23.1 Å². The summed E-state index contributed by atoms with van der Waals surface area (Å²) in [6, 6.07) is 9.50. The molecule has 1 atom stereocenters. The van der Waals surface area contributed by atoms with Crippen molar-refractivity contribution in [2.75, 3.05) is 18.0 Å². The predicted octanol–water partition coefficient (Wildman–Crippen LogP) is 2.65. The number of aromatic nitrogens is 1. The largest absolute Gasteiger partial charge is 0.369 e. The van der Waals surface area contributed by atoms with Crippen molar-refractivity contribution in [3.05, 3.63) is 62.5 Å². The molecule has 0 bridgehead atoms. The van der Waals surface area contributed by atoms with E-state index in [1.54, 1.807) is 13.8 Å². The minimum Gasteiger partial charge on any atom is -0.369 e. The molecule has 1 aromatic carbocycles. The number of nitrogens with zero attached hydrogens (tertiary/aromatic N) is 1. The van der Waals surface area contributed by atoms with Gasteiger partial charge in [-0.25, -0.2) is 0 Å². The van der Waals surface area contributed by atoms with Gasteiger partial charge in [-0.2, -0.15) is 0 Å². The van der Waals surface area contributed by atoms with Gasteiger partial charge in [0.25, 0.3) is 11.5 Å². The van der Waals surface area contributed by atoms with Gasteiger partial charge in [0.15, 0.2) is 0 Å². The third-order valence-electron chi connectivity index (χ3n) is 4.29. The second kappa shape index (κ2) is 6.69. The first-order valence-electron chi connectivity index (χ1n) is 7.96. The van der Waals surface area contributed by atoms with Crippen LogP contribution >= 0.6 is 11.6 Å². The van der Waals surface area contributed by atoms with E-state index >= 15 is 0 Å². The van der Waals surface area contributed by atoms with Gasteiger partial charge >= 0.3 is 0 Å². The third-order valence-corrected chi connectivity index (χ3v) is 4.52. The lowest BCUT2D eigenvalue weighted by Gasteiger charge is -2.19. The summed E-state index contributed by atoms with van der Waals surface area (Å²) in [6.45, 7) is 5.13. The number of benzene rings is 1. The zero-order valence-corrected chi connectivity index (χ0v) is 14.5. The highest BCUT2D eigenvalue weighted by Gasteiger charge is 2.26. The maximum atomic E-state index is 12.5. The van der Waals surface area contributed by atoms with E-state index in [0.717, 1.165) is 24.3 Å². The van der Waals surface area contributed by atoms with Crippen molar-refractivity contribution < 1.29 is 4.79 Å². The zero-order chi connectivity index (χ0) is 17.3. The Morgan fingerprint density at radius 3 is 2.83 bits per heavy atom. The number of amides is 1. The number of pyridine rings is 1. The quantitative estimate of drug-likeness (QED) is 0.898. The maximum Gasteiger partial charge on any atom is 0.261 e. The molecular formula is C18H20ClN3O2. The van der Waals surface area contributed by atoms with Crippen LogP contribution in [0.3, 0.4) is 0 Å². The average molecular weight is 346 g/mol. The Morgan fingerprint density at radius 1 is 1.33 bits per heavy atom. The molecule has 0 radical (unpaired) electrons. The number of anilines is 1. The molecule has 5 nitrogen and oxygen atoms in total. The van der Waals surface area contributed by atoms with Crippen LogP contribution in [0.15, 0.2) is 35.1 Å². The summed E-state index contributed by atoms with van der Waals surface area (Å²) in [5, 5.41) is 3.67. The van der Waals surface area contributed by atoms with E-state index in [1.807, 2.05) is 30.3 Å². The molecule has 2 aromatic rings. The van der Waals surface area contributed by atoms with Crippen LogP contribution < -0.4 is 15.8 Å². The normalized spacial score (nSPS) is 17.1. The Morgan fingerprint density at radius 2 is 2.12 bits per heavy atom. The van der Waals surface area contributed by atoms with E-state index in [9.17, 15) is 9.59 Å². The number of hydrogen-bond acceptors (Lipinski definition) is 3. The molecule has 1 aromatic heterocycles. The Kier molecular flexibility index (Phi) is 4.62. The molecule has 1 amide bonds. The van der Waals surface area contributed by atoms with Gasteiger partial charge in [-0.05, 0) is 50.1 Å². The number of aromatic amines is 1. The van der Waals surface area contributed by atoms with Crippen LogP contribution in [0.4, 0.5) is 5.69 Å². The lowest BCUT2D eigenvalue weighted by atomic mass is 10.1. The van der Waals surface area contributed by atoms with Crippen molar-refractivity contribution in [3.8, 4) is 0 Å². The highest BCUT2D eigenvalue weighted by Crippen LogP contribution is 2.23. The maximum absolute atomic E-state index is 12.5. The number of carbonyl (C=O) groups excluding carboxylic acids is 1. The number of hydrogen-bond donors (Lipinski definition) is 2. The van der Waals surface area contributed by atoms with Gasteiger partial charge in [-0.15, -0.1) is 0 Å². The second-order valence-electron chi connectivity index (χ2n) is 6.22. The van der Waals surface area contributed by atoms with Crippen LogP contribution in [0.1, 0.15) is 28.0 Å². The SMILES string of the molecule is Cc1cc(C)c(C(=O)N[C@H]2CCN(c3cccc(Cl)c3)C2)c(=O)[nH]1. The fourth-order valence-electron chi connectivity index (χ4n) is 3.18. The topological polar surface area (TPSA) is 65.2 Å². The summed E-state index contributed by atoms with van der Waals surface area (Å²) in [6.07, 6.45) is 0.834. The van der Waals surface area contributed by atoms with Crippen molar-refractivity contribution in [1.82, 2.24) is 10.3 Å². The summed E-state index contributed by atoms with van der Waals surface area (Å²) in [4.78, 5) is 29.4. The van der Waals surface area contributed by atoms with E-state index in [0.29, 0.717) is 17.1 Å². The molecule has 0 aliphatic carbocycles. The summed E-state index contributed by atoms with van der Waals surface area (Å²) < 4.78 is 0. The van der Waals surface area contributed by atoms with Crippen LogP contribution in [0.2, 0.25) is 5.02 Å². The summed E-state index contributed by atoms with van der Waals surface area (Å²) in [7, 11) is 0. The van der Waals surface area contributed by atoms with E-state index < -0.39 is 0 Å². The molecule has 0 spiro atoms. The number of carbonyl (C=O) groups is 1. The molecule has 3 rings (SSSR count). The lowest BCUT2D eigenvalue weighted by molar-refractivity contribution is 0.0938. The van der Waals surface area contributed by atoms with Crippen molar-refractivity contribution >= 4 is 23.2 Å². The first-order chi connectivity index (χ1) is 11.4. The first-order valence-corrected chi connectivity index (χ1v) is 8.34. The standard InChI is InChI=1S/C18H20ClN3O2/c1-11-8-12(2)20-17(23)16(11)18(24)21-14-6-7-22(10-14)15-5-3-4-13(19)9-15/h3-5,8-9,14H,6-7,10H2,1-2H3,(H,20,23)(H,21,24)/t14-/m0/s1. The van der Waals surface area contributed by atoms with Crippen molar-refractivity contribution in [1.29, 1.82) is 0 Å². The molecule has 1 saturated heterocycles. The molecule has 24 heavy (non-hydrogen) atoms. The summed E-state index contributed by atoms with van der Waals surface area (Å²) >= 11 is 6.04. The molecule has 126 valence electrons. The Labute approximate surface area is 145 Å². The minimum atomic E-state index is -0.338. The molecule has 2 heterocycles. The molecule has 1 aliphatic heterocycles. The van der Waals surface area contributed by atoms with Gasteiger partial charge in [-0.3, -0.25) is 9.59 Å². The molecule has 2 N–H and O–H groups in total. The molecule has 1 fully saturated rings. The zero-order valence-electron chi connectivity index (χ0n) is 13.7. The smallest absolute Gasteiger partial charge is 0.261 e. The van der Waals surface area contributed by atoms with Gasteiger partial charge in [0.1, 0.15) is 5.56 Å². The molecule has 1 aliphatic rings. The van der Waals surface area contributed by atoms with Crippen molar-refractivity contribution in [3.63, 3.8) is 0 Å². The molecule has 0 saturated carbocycles.